The molecule has 0 aliphatic heterocycles. The van der Waals surface area contributed by atoms with Gasteiger partial charge >= 0.3 is 0 Å². The molecule has 0 saturated carbocycles. The zero-order chi connectivity index (χ0) is 15.2. The summed E-state index contributed by atoms with van der Waals surface area (Å²) >= 11 is 0. The summed E-state index contributed by atoms with van der Waals surface area (Å²) in [4.78, 5) is 0. The van der Waals surface area contributed by atoms with E-state index in [2.05, 4.69) is 0 Å². The predicted octanol–water partition coefficient (Wildman–Crippen LogP) is 1.43. The first kappa shape index (κ1) is 17.1. The number of aliphatic hydroxyl groups excluding tert-OH is 2. The normalized spacial score (nSPS) is 12.6. The summed E-state index contributed by atoms with van der Waals surface area (Å²) in [5.74, 6) is 0.222. The molecule has 0 fully saturated rings. The van der Waals surface area contributed by atoms with Crippen LogP contribution in [0.15, 0.2) is 24.3 Å². The van der Waals surface area contributed by atoms with Crippen molar-refractivity contribution in [2.24, 2.45) is 0 Å². The van der Waals surface area contributed by atoms with Gasteiger partial charge in [-0.05, 0) is 25.3 Å². The molecule has 1 aromatic carbocycles. The molecule has 0 aromatic heterocycles. The van der Waals surface area contributed by atoms with E-state index in [1.165, 1.54) is 0 Å². The van der Waals surface area contributed by atoms with Gasteiger partial charge in [0.25, 0.3) is 0 Å². The minimum absolute atomic E-state index is 0.0943. The van der Waals surface area contributed by atoms with E-state index >= 15 is 0 Å². The lowest BCUT2D eigenvalue weighted by Crippen LogP contribution is -2.35. The highest BCUT2D eigenvalue weighted by molar-refractivity contribution is 7.91. The molecule has 0 atom stereocenters. The molecule has 0 amide bonds. The molecule has 1 rings (SSSR count). The van der Waals surface area contributed by atoms with E-state index in [-0.39, 0.29) is 24.7 Å². The lowest BCUT2D eigenvalue weighted by molar-refractivity contribution is 0.109. The standard InChI is InChI=1S/C15H24O4S/c1-3-20(18,19)9-5-8-15(11-16,12-17)14-7-4-6-13(2)10-14/h4,6-7,10,16-17H,3,5,8-9,11-12H2,1-2H3. The molecule has 0 bridgehead atoms. The Morgan fingerprint density at radius 3 is 2.35 bits per heavy atom. The molecule has 0 spiro atoms. The van der Waals surface area contributed by atoms with Crippen LogP contribution in [0.4, 0.5) is 0 Å². The molecule has 0 aliphatic carbocycles. The van der Waals surface area contributed by atoms with Gasteiger partial charge in [0.05, 0.1) is 19.0 Å². The van der Waals surface area contributed by atoms with Crippen LogP contribution in [0.1, 0.15) is 30.9 Å². The predicted molar refractivity (Wildman–Crippen MR) is 80.6 cm³/mol. The summed E-state index contributed by atoms with van der Waals surface area (Å²) in [7, 11) is -3.01. The Kier molecular flexibility index (Phi) is 6.17. The molecule has 20 heavy (non-hydrogen) atoms. The average Bonchev–Trinajstić information content (AvgIpc) is 2.44. The SMILES string of the molecule is CCS(=O)(=O)CCCC(CO)(CO)c1cccc(C)c1. The van der Waals surface area contributed by atoms with Crippen LogP contribution in [0, 0.1) is 6.92 Å². The number of aliphatic hydroxyl groups is 2. The highest BCUT2D eigenvalue weighted by atomic mass is 32.2. The lowest BCUT2D eigenvalue weighted by atomic mass is 9.78. The first-order valence-electron chi connectivity index (χ1n) is 6.88. The summed E-state index contributed by atoms with van der Waals surface area (Å²) in [5, 5.41) is 19.4. The van der Waals surface area contributed by atoms with Crippen molar-refractivity contribution in [1.29, 1.82) is 0 Å². The summed E-state index contributed by atoms with van der Waals surface area (Å²) in [6.45, 7) is 3.18. The second-order valence-corrected chi connectivity index (χ2v) is 7.78. The van der Waals surface area contributed by atoms with Gasteiger partial charge in [0.1, 0.15) is 9.84 Å². The highest BCUT2D eigenvalue weighted by Crippen LogP contribution is 2.29. The topological polar surface area (TPSA) is 74.6 Å². The maximum Gasteiger partial charge on any atom is 0.150 e. The second-order valence-electron chi connectivity index (χ2n) is 5.31. The van der Waals surface area contributed by atoms with Gasteiger partial charge < -0.3 is 10.2 Å². The number of sulfone groups is 1. The third kappa shape index (κ3) is 4.30. The third-order valence-corrected chi connectivity index (χ3v) is 5.58. The van der Waals surface area contributed by atoms with Crippen molar-refractivity contribution in [2.45, 2.75) is 32.1 Å². The second kappa shape index (κ2) is 7.20. The summed E-state index contributed by atoms with van der Waals surface area (Å²) in [6.07, 6.45) is 0.883. The van der Waals surface area contributed by atoms with Gasteiger partial charge in [-0.1, -0.05) is 36.8 Å². The van der Waals surface area contributed by atoms with E-state index in [4.69, 9.17) is 0 Å². The van der Waals surface area contributed by atoms with Crippen LogP contribution in [0.25, 0.3) is 0 Å². The molecule has 1 aromatic rings. The van der Waals surface area contributed by atoms with Crippen molar-refractivity contribution in [3.05, 3.63) is 35.4 Å². The van der Waals surface area contributed by atoms with Gasteiger partial charge in [0, 0.05) is 11.2 Å². The fourth-order valence-corrected chi connectivity index (χ4v) is 3.16. The fourth-order valence-electron chi connectivity index (χ4n) is 2.28. The van der Waals surface area contributed by atoms with E-state index in [0.29, 0.717) is 12.8 Å². The number of rotatable bonds is 8. The Morgan fingerprint density at radius 1 is 1.20 bits per heavy atom. The van der Waals surface area contributed by atoms with Crippen LogP contribution in [0.2, 0.25) is 0 Å². The molecular weight excluding hydrogens is 276 g/mol. The summed E-state index contributed by atoms with van der Waals surface area (Å²) in [6, 6.07) is 7.63. The van der Waals surface area contributed by atoms with Crippen molar-refractivity contribution in [1.82, 2.24) is 0 Å². The maximum absolute atomic E-state index is 11.5. The van der Waals surface area contributed by atoms with Crippen LogP contribution in [0.3, 0.4) is 0 Å². The van der Waals surface area contributed by atoms with E-state index in [1.54, 1.807) is 6.92 Å². The molecule has 0 saturated heterocycles. The van der Waals surface area contributed by atoms with Gasteiger partial charge in [0.15, 0.2) is 0 Å². The van der Waals surface area contributed by atoms with Crippen LogP contribution in [-0.4, -0.2) is 43.4 Å². The maximum atomic E-state index is 11.5. The van der Waals surface area contributed by atoms with Gasteiger partial charge in [-0.15, -0.1) is 0 Å². The van der Waals surface area contributed by atoms with Crippen molar-refractivity contribution in [2.75, 3.05) is 24.7 Å². The minimum Gasteiger partial charge on any atom is -0.395 e. The van der Waals surface area contributed by atoms with Crippen LogP contribution >= 0.6 is 0 Å². The summed E-state index contributed by atoms with van der Waals surface area (Å²) in [5.41, 5.74) is 1.14. The quantitative estimate of drug-likeness (QED) is 0.761. The van der Waals surface area contributed by atoms with Gasteiger partial charge in [-0.3, -0.25) is 0 Å². The zero-order valence-corrected chi connectivity index (χ0v) is 13.0. The van der Waals surface area contributed by atoms with Crippen molar-refractivity contribution in [3.63, 3.8) is 0 Å². The minimum atomic E-state index is -3.01. The molecule has 5 heteroatoms. The number of benzene rings is 1. The number of aryl methyl sites for hydroxylation is 1. The molecule has 2 N–H and O–H groups in total. The fraction of sp³-hybridized carbons (Fsp3) is 0.600. The molecule has 4 nitrogen and oxygen atoms in total. The Hall–Kier alpha value is -0.910. The third-order valence-electron chi connectivity index (χ3n) is 3.79. The largest absolute Gasteiger partial charge is 0.395 e. The van der Waals surface area contributed by atoms with Gasteiger partial charge in [0.2, 0.25) is 0 Å². The van der Waals surface area contributed by atoms with Crippen molar-refractivity contribution < 1.29 is 18.6 Å². The Bertz CT molecular complexity index is 518. The first-order chi connectivity index (χ1) is 9.39. The van der Waals surface area contributed by atoms with Crippen LogP contribution < -0.4 is 0 Å². The van der Waals surface area contributed by atoms with E-state index < -0.39 is 15.3 Å². The summed E-state index contributed by atoms with van der Waals surface area (Å²) < 4.78 is 23.1. The van der Waals surface area contributed by atoms with Crippen molar-refractivity contribution >= 4 is 9.84 Å². The van der Waals surface area contributed by atoms with Gasteiger partial charge in [-0.2, -0.15) is 0 Å². The molecule has 0 unspecified atom stereocenters. The van der Waals surface area contributed by atoms with Crippen molar-refractivity contribution in [3.8, 4) is 0 Å². The smallest absolute Gasteiger partial charge is 0.150 e. The van der Waals surface area contributed by atoms with E-state index in [1.807, 2.05) is 31.2 Å². The molecule has 114 valence electrons. The molecule has 0 heterocycles. The monoisotopic (exact) mass is 300 g/mol. The molecule has 0 radical (unpaired) electrons. The molecular formula is C15H24O4S. The Balaban J connectivity index is 2.88. The number of hydrogen-bond acceptors (Lipinski definition) is 4. The number of hydrogen-bond donors (Lipinski definition) is 2. The van der Waals surface area contributed by atoms with E-state index in [9.17, 15) is 18.6 Å². The van der Waals surface area contributed by atoms with Crippen LogP contribution in [-0.2, 0) is 15.3 Å². The Morgan fingerprint density at radius 2 is 1.85 bits per heavy atom. The van der Waals surface area contributed by atoms with Gasteiger partial charge in [-0.25, -0.2) is 8.42 Å². The highest BCUT2D eigenvalue weighted by Gasteiger charge is 2.31. The zero-order valence-electron chi connectivity index (χ0n) is 12.2. The lowest BCUT2D eigenvalue weighted by Gasteiger charge is -2.30. The first-order valence-corrected chi connectivity index (χ1v) is 8.70. The van der Waals surface area contributed by atoms with Crippen LogP contribution in [0.5, 0.6) is 0 Å². The van der Waals surface area contributed by atoms with E-state index in [0.717, 1.165) is 11.1 Å². The Labute approximate surface area is 121 Å². The average molecular weight is 300 g/mol. The molecule has 0 aliphatic rings.